The lowest BCUT2D eigenvalue weighted by molar-refractivity contribution is -0.132. The number of ether oxygens (including phenoxy) is 2. The quantitative estimate of drug-likeness (QED) is 0.299. The Balaban J connectivity index is 1.88. The van der Waals surface area contributed by atoms with Gasteiger partial charge in [-0.25, -0.2) is 9.59 Å². The Bertz CT molecular complexity index is 891. The zero-order valence-corrected chi connectivity index (χ0v) is 17.4. The SMILES string of the molecule is COc1cc(C=CC(=O)O)ccc1NCCCNc1ccc(C=CC(=O)O)cc1OC. The van der Waals surface area contributed by atoms with Gasteiger partial charge in [-0.1, -0.05) is 12.1 Å². The van der Waals surface area contributed by atoms with E-state index in [1.54, 1.807) is 26.4 Å². The molecule has 0 aliphatic heterocycles. The number of hydrogen-bond acceptors (Lipinski definition) is 6. The Hall–Kier alpha value is -3.94. The maximum atomic E-state index is 10.6. The summed E-state index contributed by atoms with van der Waals surface area (Å²) in [6.07, 6.45) is 5.99. The van der Waals surface area contributed by atoms with Crippen LogP contribution in [0, 0.1) is 0 Å². The summed E-state index contributed by atoms with van der Waals surface area (Å²) in [6.45, 7) is 1.38. The number of carboxylic acid groups (broad SMARTS) is 2. The molecule has 2 aromatic carbocycles. The highest BCUT2D eigenvalue weighted by molar-refractivity contribution is 5.86. The molecule has 31 heavy (non-hydrogen) atoms. The Kier molecular flexibility index (Phi) is 8.97. The molecule has 2 rings (SSSR count). The smallest absolute Gasteiger partial charge is 0.328 e. The number of anilines is 2. The first-order valence-electron chi connectivity index (χ1n) is 9.58. The highest BCUT2D eigenvalue weighted by Gasteiger charge is 2.05. The van der Waals surface area contributed by atoms with Gasteiger partial charge in [0.25, 0.3) is 0 Å². The summed E-state index contributed by atoms with van der Waals surface area (Å²) in [5, 5.41) is 24.1. The van der Waals surface area contributed by atoms with Crippen molar-refractivity contribution in [3.63, 3.8) is 0 Å². The van der Waals surface area contributed by atoms with E-state index in [4.69, 9.17) is 19.7 Å². The van der Waals surface area contributed by atoms with Gasteiger partial charge >= 0.3 is 11.9 Å². The number of methoxy groups -OCH3 is 2. The average molecular weight is 426 g/mol. The molecule has 0 heterocycles. The van der Waals surface area contributed by atoms with E-state index in [-0.39, 0.29) is 0 Å². The second kappa shape index (κ2) is 11.9. The van der Waals surface area contributed by atoms with Crippen molar-refractivity contribution in [1.82, 2.24) is 0 Å². The van der Waals surface area contributed by atoms with Gasteiger partial charge < -0.3 is 30.3 Å². The Labute approximate surface area is 180 Å². The predicted molar refractivity (Wildman–Crippen MR) is 121 cm³/mol. The van der Waals surface area contributed by atoms with E-state index in [2.05, 4.69) is 10.6 Å². The standard InChI is InChI=1S/C23H26N2O6/c1-30-20-14-16(6-10-22(26)27)4-8-18(20)24-12-3-13-25-19-9-5-17(7-11-23(28)29)15-21(19)31-2/h4-11,14-15,24-25H,3,12-13H2,1-2H3,(H,26,27)(H,28,29). The van der Waals surface area contributed by atoms with E-state index in [0.717, 1.165) is 41.1 Å². The van der Waals surface area contributed by atoms with Crippen LogP contribution in [0.4, 0.5) is 11.4 Å². The normalized spacial score (nSPS) is 10.9. The Morgan fingerprint density at radius 3 is 1.58 bits per heavy atom. The average Bonchev–Trinajstić information content (AvgIpc) is 2.76. The molecular formula is C23H26N2O6. The number of carbonyl (C=O) groups is 2. The van der Waals surface area contributed by atoms with Gasteiger partial charge in [-0.05, 0) is 54.0 Å². The molecule has 0 fully saturated rings. The van der Waals surface area contributed by atoms with E-state index in [9.17, 15) is 9.59 Å². The molecule has 0 radical (unpaired) electrons. The lowest BCUT2D eigenvalue weighted by Crippen LogP contribution is -2.10. The van der Waals surface area contributed by atoms with Crippen LogP contribution >= 0.6 is 0 Å². The van der Waals surface area contributed by atoms with Crippen molar-refractivity contribution in [2.75, 3.05) is 37.9 Å². The molecule has 0 aliphatic carbocycles. The van der Waals surface area contributed by atoms with Crippen molar-refractivity contribution in [1.29, 1.82) is 0 Å². The van der Waals surface area contributed by atoms with Crippen molar-refractivity contribution >= 4 is 35.5 Å². The first-order valence-corrected chi connectivity index (χ1v) is 9.58. The van der Waals surface area contributed by atoms with Gasteiger partial charge in [0.15, 0.2) is 0 Å². The van der Waals surface area contributed by atoms with Crippen LogP contribution < -0.4 is 20.1 Å². The van der Waals surface area contributed by atoms with Crippen LogP contribution in [0.25, 0.3) is 12.2 Å². The van der Waals surface area contributed by atoms with Crippen LogP contribution in [0.3, 0.4) is 0 Å². The first-order chi connectivity index (χ1) is 14.9. The van der Waals surface area contributed by atoms with E-state index >= 15 is 0 Å². The maximum absolute atomic E-state index is 10.6. The Morgan fingerprint density at radius 2 is 1.23 bits per heavy atom. The molecule has 8 heteroatoms. The third kappa shape index (κ3) is 7.77. The molecule has 0 atom stereocenters. The van der Waals surface area contributed by atoms with Gasteiger partial charge in [-0.3, -0.25) is 0 Å². The molecule has 0 aromatic heterocycles. The third-order valence-electron chi connectivity index (χ3n) is 4.27. The van der Waals surface area contributed by atoms with Crippen LogP contribution in [-0.2, 0) is 9.59 Å². The van der Waals surface area contributed by atoms with E-state index in [1.807, 2.05) is 24.3 Å². The monoisotopic (exact) mass is 426 g/mol. The van der Waals surface area contributed by atoms with Crippen LogP contribution in [-0.4, -0.2) is 49.5 Å². The Morgan fingerprint density at radius 1 is 0.806 bits per heavy atom. The van der Waals surface area contributed by atoms with E-state index in [1.165, 1.54) is 12.2 Å². The molecule has 0 saturated heterocycles. The van der Waals surface area contributed by atoms with Crippen molar-refractivity contribution < 1.29 is 29.3 Å². The fraction of sp³-hybridized carbons (Fsp3) is 0.217. The molecule has 8 nitrogen and oxygen atoms in total. The summed E-state index contributed by atoms with van der Waals surface area (Å²) in [7, 11) is 3.13. The highest BCUT2D eigenvalue weighted by atomic mass is 16.5. The summed E-state index contributed by atoms with van der Waals surface area (Å²) in [5.41, 5.74) is 3.12. The van der Waals surface area contributed by atoms with Crippen molar-refractivity contribution in [3.05, 3.63) is 59.7 Å². The van der Waals surface area contributed by atoms with Gasteiger partial charge in [-0.15, -0.1) is 0 Å². The highest BCUT2D eigenvalue weighted by Crippen LogP contribution is 2.27. The number of benzene rings is 2. The fourth-order valence-corrected chi connectivity index (χ4v) is 2.78. The third-order valence-corrected chi connectivity index (χ3v) is 4.27. The zero-order valence-electron chi connectivity index (χ0n) is 17.4. The number of rotatable bonds is 12. The molecule has 0 bridgehead atoms. The van der Waals surface area contributed by atoms with Crippen LogP contribution in [0.1, 0.15) is 17.5 Å². The molecule has 4 N–H and O–H groups in total. The summed E-state index contributed by atoms with van der Waals surface area (Å²) >= 11 is 0. The summed E-state index contributed by atoms with van der Waals surface area (Å²) in [4.78, 5) is 21.3. The van der Waals surface area contributed by atoms with E-state index in [0.29, 0.717) is 24.6 Å². The maximum Gasteiger partial charge on any atom is 0.328 e. The second-order valence-corrected chi connectivity index (χ2v) is 6.47. The number of aliphatic carboxylic acids is 2. The summed E-state index contributed by atoms with van der Waals surface area (Å²) in [5.74, 6) is -0.743. The molecule has 2 aromatic rings. The molecule has 0 saturated carbocycles. The van der Waals surface area contributed by atoms with Crippen LogP contribution in [0.15, 0.2) is 48.6 Å². The summed E-state index contributed by atoms with van der Waals surface area (Å²) < 4.78 is 10.8. The van der Waals surface area contributed by atoms with Gasteiger partial charge in [0, 0.05) is 25.2 Å². The molecular weight excluding hydrogens is 400 g/mol. The van der Waals surface area contributed by atoms with Gasteiger partial charge in [-0.2, -0.15) is 0 Å². The lowest BCUT2D eigenvalue weighted by Gasteiger charge is -2.14. The number of hydrogen-bond donors (Lipinski definition) is 4. The molecule has 164 valence electrons. The van der Waals surface area contributed by atoms with Crippen molar-refractivity contribution in [2.45, 2.75) is 6.42 Å². The second-order valence-electron chi connectivity index (χ2n) is 6.47. The molecule has 0 aliphatic rings. The van der Waals surface area contributed by atoms with Gasteiger partial charge in [0.1, 0.15) is 11.5 Å². The van der Waals surface area contributed by atoms with Crippen LogP contribution in [0.2, 0.25) is 0 Å². The minimum absolute atomic E-state index is 0.632. The number of carboxylic acids is 2. The molecule has 0 amide bonds. The largest absolute Gasteiger partial charge is 0.495 e. The van der Waals surface area contributed by atoms with Crippen molar-refractivity contribution in [2.24, 2.45) is 0 Å². The van der Waals surface area contributed by atoms with Crippen molar-refractivity contribution in [3.8, 4) is 11.5 Å². The van der Waals surface area contributed by atoms with Gasteiger partial charge in [0.2, 0.25) is 0 Å². The van der Waals surface area contributed by atoms with Gasteiger partial charge in [0.05, 0.1) is 25.6 Å². The molecule has 0 unspecified atom stereocenters. The molecule has 0 spiro atoms. The first kappa shape index (κ1) is 23.3. The minimum Gasteiger partial charge on any atom is -0.495 e. The lowest BCUT2D eigenvalue weighted by atomic mass is 10.1. The minimum atomic E-state index is -1.00. The zero-order chi connectivity index (χ0) is 22.6. The van der Waals surface area contributed by atoms with E-state index < -0.39 is 11.9 Å². The fourth-order valence-electron chi connectivity index (χ4n) is 2.78. The topological polar surface area (TPSA) is 117 Å². The van der Waals surface area contributed by atoms with Crippen LogP contribution in [0.5, 0.6) is 11.5 Å². The number of nitrogens with one attached hydrogen (secondary N) is 2. The summed E-state index contributed by atoms with van der Waals surface area (Å²) in [6, 6.07) is 10.9. The predicted octanol–water partition coefficient (Wildman–Crippen LogP) is 3.81.